The highest BCUT2D eigenvalue weighted by atomic mass is 32.2. The van der Waals surface area contributed by atoms with Crippen LogP contribution in [-0.2, 0) is 0 Å². The number of nitrogens with zero attached hydrogens (tertiary/aromatic N) is 1. The van der Waals surface area contributed by atoms with E-state index in [1.54, 1.807) is 23.9 Å². The van der Waals surface area contributed by atoms with Crippen molar-refractivity contribution in [2.24, 2.45) is 0 Å². The molecular weight excluding hydrogens is 294 g/mol. The fourth-order valence-corrected chi connectivity index (χ4v) is 2.65. The summed E-state index contributed by atoms with van der Waals surface area (Å²) in [5.41, 5.74) is -0.0671. The fourth-order valence-electron chi connectivity index (χ4n) is 1.35. The Bertz CT molecular complexity index is 434. The summed E-state index contributed by atoms with van der Waals surface area (Å²) in [6.07, 6.45) is 0. The summed E-state index contributed by atoms with van der Waals surface area (Å²) in [5, 5.41) is 17.3. The molecule has 0 aliphatic rings. The van der Waals surface area contributed by atoms with Gasteiger partial charge in [-0.2, -0.15) is 0 Å². The first-order valence-corrected chi connectivity index (χ1v) is 7.80. The van der Waals surface area contributed by atoms with Gasteiger partial charge in [0.15, 0.2) is 0 Å². The van der Waals surface area contributed by atoms with E-state index in [2.05, 4.69) is 25.7 Å². The third-order valence-corrected chi connectivity index (χ3v) is 3.83. The van der Waals surface area contributed by atoms with Gasteiger partial charge in [-0.25, -0.2) is 4.79 Å². The van der Waals surface area contributed by atoms with Crippen molar-refractivity contribution in [2.75, 3.05) is 18.8 Å². The van der Waals surface area contributed by atoms with Gasteiger partial charge in [0.2, 0.25) is 0 Å². The molecule has 6 heteroatoms. The molecule has 0 aliphatic heterocycles. The maximum absolute atomic E-state index is 10.3. The van der Waals surface area contributed by atoms with Crippen molar-refractivity contribution in [1.29, 1.82) is 0 Å². The molecule has 0 saturated carbocycles. The Morgan fingerprint density at radius 3 is 2.15 bits per heavy atom. The van der Waals surface area contributed by atoms with Crippen LogP contribution in [-0.4, -0.2) is 44.2 Å². The Balaban J connectivity index is 0.000000361. The number of hydrogen-bond acceptors (Lipinski definition) is 4. The van der Waals surface area contributed by atoms with Crippen LogP contribution in [0.5, 0.6) is 5.75 Å². The minimum Gasteiger partial charge on any atom is -0.507 e. The summed E-state index contributed by atoms with van der Waals surface area (Å²) in [7, 11) is 0. The van der Waals surface area contributed by atoms with Crippen molar-refractivity contribution >= 4 is 34.3 Å². The SMILES string of the molecule is CCSC(=S)N(CC)CC.O=C(O)c1ccccc1O. The average molecular weight is 315 g/mol. The van der Waals surface area contributed by atoms with E-state index in [1.165, 1.54) is 12.1 Å². The van der Waals surface area contributed by atoms with Gasteiger partial charge in [-0.1, -0.05) is 43.0 Å². The first-order valence-electron chi connectivity index (χ1n) is 6.40. The second-order valence-corrected chi connectivity index (χ2v) is 5.59. The quantitative estimate of drug-likeness (QED) is 0.830. The molecule has 0 amide bonds. The highest BCUT2D eigenvalue weighted by molar-refractivity contribution is 8.22. The second-order valence-electron chi connectivity index (χ2n) is 3.69. The van der Waals surface area contributed by atoms with E-state index in [4.69, 9.17) is 22.4 Å². The standard InChI is InChI=1S/C7H15NS2.C7H6O3/c1-4-8(5-2)7(9)10-6-3;8-6-4-2-1-3-5(6)7(9)10/h4-6H2,1-3H3;1-4,8H,(H,9,10). The zero-order chi connectivity index (χ0) is 15.5. The number of carbonyl (C=O) groups is 1. The molecule has 0 fully saturated rings. The number of benzene rings is 1. The molecule has 0 aliphatic carbocycles. The number of para-hydroxylation sites is 1. The smallest absolute Gasteiger partial charge is 0.339 e. The summed E-state index contributed by atoms with van der Waals surface area (Å²) < 4.78 is 1.03. The van der Waals surface area contributed by atoms with Gasteiger partial charge in [-0.3, -0.25) is 0 Å². The lowest BCUT2D eigenvalue weighted by molar-refractivity contribution is 0.0693. The number of thioether (sulfide) groups is 1. The third kappa shape index (κ3) is 6.77. The van der Waals surface area contributed by atoms with Gasteiger partial charge < -0.3 is 15.1 Å². The Kier molecular flexibility index (Phi) is 9.84. The number of aromatic hydroxyl groups is 1. The van der Waals surface area contributed by atoms with E-state index in [0.29, 0.717) is 0 Å². The van der Waals surface area contributed by atoms with E-state index < -0.39 is 5.97 Å². The molecule has 20 heavy (non-hydrogen) atoms. The van der Waals surface area contributed by atoms with E-state index >= 15 is 0 Å². The number of phenols is 1. The van der Waals surface area contributed by atoms with Crippen LogP contribution in [0.15, 0.2) is 24.3 Å². The number of rotatable bonds is 4. The molecule has 1 aromatic carbocycles. The molecule has 0 spiro atoms. The molecule has 1 rings (SSSR count). The van der Waals surface area contributed by atoms with Gasteiger partial charge in [-0.15, -0.1) is 0 Å². The molecule has 0 heterocycles. The number of carboxylic acid groups (broad SMARTS) is 1. The number of carboxylic acids is 1. The summed E-state index contributed by atoms with van der Waals surface area (Å²) >= 11 is 6.91. The van der Waals surface area contributed by atoms with Crippen molar-refractivity contribution < 1.29 is 15.0 Å². The Labute approximate surface area is 129 Å². The summed E-state index contributed by atoms with van der Waals surface area (Å²) in [4.78, 5) is 12.5. The second kappa shape index (κ2) is 10.5. The largest absolute Gasteiger partial charge is 0.507 e. The average Bonchev–Trinajstić information content (AvgIpc) is 2.41. The van der Waals surface area contributed by atoms with Crippen LogP contribution in [0, 0.1) is 0 Å². The molecule has 112 valence electrons. The van der Waals surface area contributed by atoms with Crippen molar-refractivity contribution in [3.63, 3.8) is 0 Å². The minimum absolute atomic E-state index is 0.0671. The molecular formula is C14H21NO3S2. The topological polar surface area (TPSA) is 60.8 Å². The number of thiocarbonyl (C=S) groups is 1. The molecule has 2 N–H and O–H groups in total. The summed E-state index contributed by atoms with van der Waals surface area (Å²) in [6.45, 7) is 8.45. The van der Waals surface area contributed by atoms with Crippen molar-refractivity contribution in [3.8, 4) is 5.75 Å². The van der Waals surface area contributed by atoms with E-state index in [0.717, 1.165) is 23.2 Å². The van der Waals surface area contributed by atoms with Crippen LogP contribution in [0.3, 0.4) is 0 Å². The Morgan fingerprint density at radius 1 is 1.25 bits per heavy atom. The summed E-state index contributed by atoms with van der Waals surface area (Å²) in [5.74, 6) is -0.233. The van der Waals surface area contributed by atoms with Gasteiger partial charge in [0, 0.05) is 13.1 Å². The van der Waals surface area contributed by atoms with Crippen molar-refractivity contribution in [2.45, 2.75) is 20.8 Å². The lowest BCUT2D eigenvalue weighted by Crippen LogP contribution is -2.26. The Morgan fingerprint density at radius 2 is 1.80 bits per heavy atom. The van der Waals surface area contributed by atoms with E-state index in [-0.39, 0.29) is 11.3 Å². The molecule has 0 unspecified atom stereocenters. The third-order valence-electron chi connectivity index (χ3n) is 2.42. The number of hydrogen-bond donors (Lipinski definition) is 2. The van der Waals surface area contributed by atoms with Crippen LogP contribution < -0.4 is 0 Å². The van der Waals surface area contributed by atoms with Crippen LogP contribution in [0.1, 0.15) is 31.1 Å². The first-order chi connectivity index (χ1) is 9.47. The van der Waals surface area contributed by atoms with Gasteiger partial charge in [-0.05, 0) is 31.7 Å². The fraction of sp³-hybridized carbons (Fsp3) is 0.429. The predicted octanol–water partition coefficient (Wildman–Crippen LogP) is 3.46. The van der Waals surface area contributed by atoms with Gasteiger partial charge in [0.25, 0.3) is 0 Å². The normalized spacial score (nSPS) is 9.35. The lowest BCUT2D eigenvalue weighted by atomic mass is 10.2. The van der Waals surface area contributed by atoms with Crippen LogP contribution >= 0.6 is 24.0 Å². The zero-order valence-electron chi connectivity index (χ0n) is 12.0. The lowest BCUT2D eigenvalue weighted by Gasteiger charge is -2.20. The molecule has 0 aromatic heterocycles. The molecule has 4 nitrogen and oxygen atoms in total. The highest BCUT2D eigenvalue weighted by Crippen LogP contribution is 2.14. The molecule has 1 aromatic rings. The predicted molar refractivity (Wildman–Crippen MR) is 88.7 cm³/mol. The van der Waals surface area contributed by atoms with Gasteiger partial charge >= 0.3 is 5.97 Å². The molecule has 0 radical (unpaired) electrons. The molecule has 0 bridgehead atoms. The number of aromatic carboxylic acids is 1. The Hall–Kier alpha value is -1.27. The zero-order valence-corrected chi connectivity index (χ0v) is 13.6. The van der Waals surface area contributed by atoms with E-state index in [9.17, 15) is 4.79 Å². The minimum atomic E-state index is -1.11. The monoisotopic (exact) mass is 315 g/mol. The van der Waals surface area contributed by atoms with Crippen LogP contribution in [0.2, 0.25) is 0 Å². The van der Waals surface area contributed by atoms with Crippen molar-refractivity contribution in [1.82, 2.24) is 4.90 Å². The van der Waals surface area contributed by atoms with Crippen LogP contribution in [0.4, 0.5) is 0 Å². The summed E-state index contributed by atoms with van der Waals surface area (Å²) in [6, 6.07) is 5.81. The maximum Gasteiger partial charge on any atom is 0.339 e. The maximum atomic E-state index is 10.3. The van der Waals surface area contributed by atoms with Crippen LogP contribution in [0.25, 0.3) is 0 Å². The molecule has 0 atom stereocenters. The van der Waals surface area contributed by atoms with Gasteiger partial charge in [0.1, 0.15) is 15.6 Å². The van der Waals surface area contributed by atoms with Gasteiger partial charge in [0.05, 0.1) is 0 Å². The van der Waals surface area contributed by atoms with E-state index in [1.807, 2.05) is 0 Å². The van der Waals surface area contributed by atoms with Crippen molar-refractivity contribution in [3.05, 3.63) is 29.8 Å². The molecule has 0 saturated heterocycles. The first kappa shape index (κ1) is 18.7. The highest BCUT2D eigenvalue weighted by Gasteiger charge is 2.05.